The van der Waals surface area contributed by atoms with Crippen LogP contribution in [0.2, 0.25) is 0 Å². The van der Waals surface area contributed by atoms with Gasteiger partial charge in [-0.05, 0) is 59.1 Å². The summed E-state index contributed by atoms with van der Waals surface area (Å²) in [6.45, 7) is 3.99. The fraction of sp³-hybridized carbons (Fsp3) is 0.235. The van der Waals surface area contributed by atoms with Gasteiger partial charge in [0.15, 0.2) is 11.5 Å². The molecule has 0 saturated heterocycles. The van der Waals surface area contributed by atoms with E-state index in [9.17, 15) is 4.79 Å². The van der Waals surface area contributed by atoms with Crippen molar-refractivity contribution >= 4 is 27.5 Å². The van der Waals surface area contributed by atoms with Gasteiger partial charge in [-0.3, -0.25) is 4.79 Å². The number of methoxy groups -OCH3 is 2. The van der Waals surface area contributed by atoms with Gasteiger partial charge in [0, 0.05) is 11.3 Å². The van der Waals surface area contributed by atoms with E-state index in [1.807, 2.05) is 32.0 Å². The molecule has 0 bridgehead atoms. The molecule has 116 valence electrons. The predicted molar refractivity (Wildman–Crippen MR) is 91.1 cm³/mol. The molecule has 0 unspecified atom stereocenters. The number of benzene rings is 2. The van der Waals surface area contributed by atoms with Gasteiger partial charge in [0.2, 0.25) is 0 Å². The van der Waals surface area contributed by atoms with Crippen LogP contribution in [0, 0.1) is 13.8 Å². The number of rotatable bonds is 4. The maximum atomic E-state index is 12.5. The lowest BCUT2D eigenvalue weighted by molar-refractivity contribution is 0.102. The van der Waals surface area contributed by atoms with E-state index >= 15 is 0 Å². The van der Waals surface area contributed by atoms with Gasteiger partial charge in [0.25, 0.3) is 5.91 Å². The predicted octanol–water partition coefficient (Wildman–Crippen LogP) is 4.34. The molecule has 2 aromatic rings. The number of ether oxygens (including phenoxy) is 2. The molecule has 0 heterocycles. The first kappa shape index (κ1) is 16.4. The molecular formula is C17H18BrNO3. The monoisotopic (exact) mass is 363 g/mol. The molecular weight excluding hydrogens is 346 g/mol. The average molecular weight is 364 g/mol. The maximum Gasteiger partial charge on any atom is 0.255 e. The first-order valence-corrected chi connectivity index (χ1v) is 7.56. The Morgan fingerprint density at radius 1 is 1.14 bits per heavy atom. The molecule has 2 aromatic carbocycles. The molecule has 0 aromatic heterocycles. The number of hydrogen-bond acceptors (Lipinski definition) is 3. The van der Waals surface area contributed by atoms with Crippen LogP contribution < -0.4 is 14.8 Å². The molecule has 0 radical (unpaired) electrons. The van der Waals surface area contributed by atoms with Crippen LogP contribution in [-0.2, 0) is 0 Å². The van der Waals surface area contributed by atoms with E-state index in [0.29, 0.717) is 21.5 Å². The smallest absolute Gasteiger partial charge is 0.255 e. The molecule has 0 aliphatic heterocycles. The lowest BCUT2D eigenvalue weighted by atomic mass is 10.1. The number of aryl methyl sites for hydroxylation is 1. The summed E-state index contributed by atoms with van der Waals surface area (Å²) in [4.78, 5) is 12.5. The summed E-state index contributed by atoms with van der Waals surface area (Å²) in [6, 6.07) is 9.18. The van der Waals surface area contributed by atoms with E-state index in [0.717, 1.165) is 16.8 Å². The minimum Gasteiger partial charge on any atom is -0.493 e. The van der Waals surface area contributed by atoms with Crippen molar-refractivity contribution in [3.05, 3.63) is 51.5 Å². The van der Waals surface area contributed by atoms with Gasteiger partial charge in [0.1, 0.15) is 0 Å². The van der Waals surface area contributed by atoms with Crippen molar-refractivity contribution in [3.63, 3.8) is 0 Å². The molecule has 2 rings (SSSR count). The minimum absolute atomic E-state index is 0.199. The van der Waals surface area contributed by atoms with Crippen molar-refractivity contribution < 1.29 is 14.3 Å². The second kappa shape index (κ2) is 6.83. The molecule has 4 nitrogen and oxygen atoms in total. The number of anilines is 1. The zero-order valence-corrected chi connectivity index (χ0v) is 14.6. The molecule has 0 saturated carbocycles. The van der Waals surface area contributed by atoms with Gasteiger partial charge in [-0.25, -0.2) is 0 Å². The van der Waals surface area contributed by atoms with E-state index in [-0.39, 0.29) is 5.91 Å². The van der Waals surface area contributed by atoms with E-state index in [2.05, 4.69) is 21.2 Å². The fourth-order valence-electron chi connectivity index (χ4n) is 2.13. The summed E-state index contributed by atoms with van der Waals surface area (Å²) in [6.07, 6.45) is 0. The molecule has 22 heavy (non-hydrogen) atoms. The number of carbonyl (C=O) groups excluding carboxylic acids is 1. The Bertz CT molecular complexity index is 713. The SMILES string of the molecule is COc1cc(C(=O)Nc2cccc(C)c2C)cc(Br)c1OC. The number of amides is 1. The van der Waals surface area contributed by atoms with Crippen molar-refractivity contribution in [2.24, 2.45) is 0 Å². The van der Waals surface area contributed by atoms with Gasteiger partial charge in [0.05, 0.1) is 18.7 Å². The van der Waals surface area contributed by atoms with Crippen LogP contribution in [0.15, 0.2) is 34.8 Å². The Morgan fingerprint density at radius 3 is 2.50 bits per heavy atom. The largest absolute Gasteiger partial charge is 0.493 e. The van der Waals surface area contributed by atoms with Crippen LogP contribution in [0.5, 0.6) is 11.5 Å². The standard InChI is InChI=1S/C17H18BrNO3/c1-10-6-5-7-14(11(10)2)19-17(20)12-8-13(18)16(22-4)15(9-12)21-3/h5-9H,1-4H3,(H,19,20). The van der Waals surface area contributed by atoms with Gasteiger partial charge < -0.3 is 14.8 Å². The minimum atomic E-state index is -0.199. The van der Waals surface area contributed by atoms with Crippen LogP contribution in [0.3, 0.4) is 0 Å². The summed E-state index contributed by atoms with van der Waals surface area (Å²) in [5.74, 6) is 0.865. The van der Waals surface area contributed by atoms with E-state index in [1.165, 1.54) is 7.11 Å². The van der Waals surface area contributed by atoms with Crippen LogP contribution in [0.1, 0.15) is 21.5 Å². The Balaban J connectivity index is 2.34. The summed E-state index contributed by atoms with van der Waals surface area (Å²) >= 11 is 3.39. The number of carbonyl (C=O) groups is 1. The summed E-state index contributed by atoms with van der Waals surface area (Å²) in [5.41, 5.74) is 3.48. The third kappa shape index (κ3) is 3.25. The third-order valence-corrected chi connectivity index (χ3v) is 4.14. The summed E-state index contributed by atoms with van der Waals surface area (Å²) in [7, 11) is 3.09. The molecule has 0 fully saturated rings. The fourth-order valence-corrected chi connectivity index (χ4v) is 2.73. The maximum absolute atomic E-state index is 12.5. The number of hydrogen-bond donors (Lipinski definition) is 1. The lowest BCUT2D eigenvalue weighted by Gasteiger charge is -2.13. The summed E-state index contributed by atoms with van der Waals surface area (Å²) in [5, 5.41) is 2.93. The molecule has 0 spiro atoms. The van der Waals surface area contributed by atoms with Gasteiger partial charge in [-0.1, -0.05) is 12.1 Å². The first-order valence-electron chi connectivity index (χ1n) is 6.77. The molecule has 0 atom stereocenters. The molecule has 0 aliphatic rings. The van der Waals surface area contributed by atoms with Gasteiger partial charge in [-0.2, -0.15) is 0 Å². The number of halogens is 1. The van der Waals surface area contributed by atoms with Crippen LogP contribution in [0.25, 0.3) is 0 Å². The topological polar surface area (TPSA) is 47.6 Å². The van der Waals surface area contributed by atoms with Crippen molar-refractivity contribution in [2.75, 3.05) is 19.5 Å². The van der Waals surface area contributed by atoms with Crippen LogP contribution >= 0.6 is 15.9 Å². The van der Waals surface area contributed by atoms with Crippen LogP contribution in [-0.4, -0.2) is 20.1 Å². The highest BCUT2D eigenvalue weighted by Gasteiger charge is 2.15. The highest BCUT2D eigenvalue weighted by molar-refractivity contribution is 9.10. The van der Waals surface area contributed by atoms with Crippen molar-refractivity contribution in [1.29, 1.82) is 0 Å². The van der Waals surface area contributed by atoms with E-state index in [1.54, 1.807) is 19.2 Å². The first-order chi connectivity index (χ1) is 10.5. The second-order valence-electron chi connectivity index (χ2n) is 4.90. The van der Waals surface area contributed by atoms with E-state index in [4.69, 9.17) is 9.47 Å². The lowest BCUT2D eigenvalue weighted by Crippen LogP contribution is -2.13. The molecule has 1 amide bonds. The molecule has 5 heteroatoms. The van der Waals surface area contributed by atoms with Gasteiger partial charge in [-0.15, -0.1) is 0 Å². The quantitative estimate of drug-likeness (QED) is 0.878. The Hall–Kier alpha value is -2.01. The third-order valence-electron chi connectivity index (χ3n) is 3.55. The normalized spacial score (nSPS) is 10.2. The highest BCUT2D eigenvalue weighted by atomic mass is 79.9. The zero-order chi connectivity index (χ0) is 16.3. The Labute approximate surface area is 138 Å². The van der Waals surface area contributed by atoms with Crippen molar-refractivity contribution in [2.45, 2.75) is 13.8 Å². The average Bonchev–Trinajstić information content (AvgIpc) is 2.50. The van der Waals surface area contributed by atoms with Crippen LogP contribution in [0.4, 0.5) is 5.69 Å². The molecule has 0 aliphatic carbocycles. The number of nitrogens with one attached hydrogen (secondary N) is 1. The van der Waals surface area contributed by atoms with Crippen molar-refractivity contribution in [1.82, 2.24) is 0 Å². The second-order valence-corrected chi connectivity index (χ2v) is 5.75. The zero-order valence-electron chi connectivity index (χ0n) is 13.0. The highest BCUT2D eigenvalue weighted by Crippen LogP contribution is 2.36. The Kier molecular flexibility index (Phi) is 5.08. The molecule has 1 N–H and O–H groups in total. The van der Waals surface area contributed by atoms with E-state index < -0.39 is 0 Å². The summed E-state index contributed by atoms with van der Waals surface area (Å²) < 4.78 is 11.2. The van der Waals surface area contributed by atoms with Crippen molar-refractivity contribution in [3.8, 4) is 11.5 Å². The van der Waals surface area contributed by atoms with Gasteiger partial charge >= 0.3 is 0 Å². The Morgan fingerprint density at radius 2 is 1.86 bits per heavy atom.